The third-order valence-corrected chi connectivity index (χ3v) is 2.05. The minimum Gasteiger partial charge on any atom is -0.407 e. The van der Waals surface area contributed by atoms with Crippen LogP contribution in [0.15, 0.2) is 30.6 Å². The summed E-state index contributed by atoms with van der Waals surface area (Å²) in [5.74, 6) is 0.306. The van der Waals surface area contributed by atoms with Crippen molar-refractivity contribution < 1.29 is 9.53 Å². The van der Waals surface area contributed by atoms with Crippen LogP contribution in [0.5, 0.6) is 5.88 Å². The smallest absolute Gasteiger partial charge is 0.309 e. The summed E-state index contributed by atoms with van der Waals surface area (Å²) in [4.78, 5) is 23.4. The molecule has 0 aliphatic rings. The maximum Gasteiger partial charge on any atom is 0.309 e. The lowest BCUT2D eigenvalue weighted by Gasteiger charge is -2.07. The SMILES string of the molecule is CC(=O)Oc1nc(C)ccc1-c1ncccn1. The molecule has 17 heavy (non-hydrogen) atoms. The Morgan fingerprint density at radius 1 is 1.24 bits per heavy atom. The van der Waals surface area contributed by atoms with Crippen molar-refractivity contribution in [2.24, 2.45) is 0 Å². The summed E-state index contributed by atoms with van der Waals surface area (Å²) in [6.07, 6.45) is 3.25. The molecule has 2 aromatic heterocycles. The number of hydrogen-bond donors (Lipinski definition) is 0. The second kappa shape index (κ2) is 4.69. The number of hydrogen-bond acceptors (Lipinski definition) is 5. The first-order valence-corrected chi connectivity index (χ1v) is 5.10. The zero-order chi connectivity index (χ0) is 12.3. The van der Waals surface area contributed by atoms with Crippen LogP contribution in [0.2, 0.25) is 0 Å². The molecular weight excluding hydrogens is 218 g/mol. The molecule has 0 N–H and O–H groups in total. The van der Waals surface area contributed by atoms with E-state index in [0.29, 0.717) is 11.4 Å². The number of carbonyl (C=O) groups excluding carboxylic acids is 1. The first kappa shape index (κ1) is 11.2. The van der Waals surface area contributed by atoms with Gasteiger partial charge < -0.3 is 4.74 Å². The average molecular weight is 229 g/mol. The van der Waals surface area contributed by atoms with Crippen LogP contribution in [0.1, 0.15) is 12.6 Å². The van der Waals surface area contributed by atoms with Gasteiger partial charge in [0.15, 0.2) is 5.82 Å². The maximum atomic E-state index is 11.0. The number of rotatable bonds is 2. The van der Waals surface area contributed by atoms with Gasteiger partial charge in [0.05, 0.1) is 5.56 Å². The van der Waals surface area contributed by atoms with E-state index in [2.05, 4.69) is 15.0 Å². The quantitative estimate of drug-likeness (QED) is 0.734. The van der Waals surface area contributed by atoms with Crippen molar-refractivity contribution in [2.45, 2.75) is 13.8 Å². The van der Waals surface area contributed by atoms with Gasteiger partial charge in [0.1, 0.15) is 0 Å². The monoisotopic (exact) mass is 229 g/mol. The van der Waals surface area contributed by atoms with E-state index in [4.69, 9.17) is 4.74 Å². The van der Waals surface area contributed by atoms with E-state index in [9.17, 15) is 4.79 Å². The molecule has 0 aliphatic carbocycles. The van der Waals surface area contributed by atoms with Crippen molar-refractivity contribution in [3.8, 4) is 17.3 Å². The molecule has 0 radical (unpaired) electrons. The third-order valence-electron chi connectivity index (χ3n) is 2.05. The highest BCUT2D eigenvalue weighted by atomic mass is 16.5. The molecular formula is C12H11N3O2. The van der Waals surface area contributed by atoms with Gasteiger partial charge >= 0.3 is 5.97 Å². The molecule has 2 rings (SSSR count). The van der Waals surface area contributed by atoms with Crippen molar-refractivity contribution in [1.29, 1.82) is 0 Å². The fraction of sp³-hybridized carbons (Fsp3) is 0.167. The van der Waals surface area contributed by atoms with Crippen LogP contribution in [0.25, 0.3) is 11.4 Å². The van der Waals surface area contributed by atoms with Crippen molar-refractivity contribution in [3.05, 3.63) is 36.3 Å². The zero-order valence-electron chi connectivity index (χ0n) is 9.54. The molecule has 0 bridgehead atoms. The second-order valence-electron chi connectivity index (χ2n) is 3.47. The second-order valence-corrected chi connectivity index (χ2v) is 3.47. The van der Waals surface area contributed by atoms with Gasteiger partial charge in [-0.25, -0.2) is 15.0 Å². The summed E-state index contributed by atoms with van der Waals surface area (Å²) in [5.41, 5.74) is 1.37. The number of carbonyl (C=O) groups is 1. The summed E-state index contributed by atoms with van der Waals surface area (Å²) in [6, 6.07) is 5.32. The molecule has 2 heterocycles. The van der Waals surface area contributed by atoms with Gasteiger partial charge in [-0.05, 0) is 25.1 Å². The number of aromatic nitrogens is 3. The molecule has 0 aromatic carbocycles. The number of pyridine rings is 1. The molecule has 0 fully saturated rings. The van der Waals surface area contributed by atoms with E-state index >= 15 is 0 Å². The van der Waals surface area contributed by atoms with E-state index in [-0.39, 0.29) is 5.88 Å². The van der Waals surface area contributed by atoms with Crippen LogP contribution in [0.3, 0.4) is 0 Å². The minimum absolute atomic E-state index is 0.240. The fourth-order valence-electron chi connectivity index (χ4n) is 1.36. The normalized spacial score (nSPS) is 10.0. The van der Waals surface area contributed by atoms with Crippen molar-refractivity contribution in [3.63, 3.8) is 0 Å². The summed E-state index contributed by atoms with van der Waals surface area (Å²) in [6.45, 7) is 3.16. The summed E-state index contributed by atoms with van der Waals surface area (Å²) < 4.78 is 5.05. The molecule has 5 heteroatoms. The van der Waals surface area contributed by atoms with E-state index in [0.717, 1.165) is 5.69 Å². The van der Waals surface area contributed by atoms with Gasteiger partial charge in [-0.15, -0.1) is 0 Å². The van der Waals surface area contributed by atoms with Gasteiger partial charge in [-0.1, -0.05) is 0 Å². The summed E-state index contributed by atoms with van der Waals surface area (Å²) in [5, 5.41) is 0. The maximum absolute atomic E-state index is 11.0. The molecule has 5 nitrogen and oxygen atoms in total. The Bertz CT molecular complexity index is 541. The molecule has 0 atom stereocenters. The standard InChI is InChI=1S/C12H11N3O2/c1-8-4-5-10(11-13-6-3-7-14-11)12(15-8)17-9(2)16/h3-7H,1-2H3. The predicted octanol–water partition coefficient (Wildman–Crippen LogP) is 1.77. The molecule has 0 aliphatic heterocycles. The van der Waals surface area contributed by atoms with Crippen molar-refractivity contribution in [2.75, 3.05) is 0 Å². The van der Waals surface area contributed by atoms with Gasteiger partial charge in [0, 0.05) is 25.0 Å². The molecule has 0 saturated heterocycles. The van der Waals surface area contributed by atoms with Crippen LogP contribution in [-0.4, -0.2) is 20.9 Å². The van der Waals surface area contributed by atoms with E-state index < -0.39 is 5.97 Å². The first-order valence-electron chi connectivity index (χ1n) is 5.10. The van der Waals surface area contributed by atoms with Crippen molar-refractivity contribution >= 4 is 5.97 Å². The van der Waals surface area contributed by atoms with Crippen LogP contribution in [0, 0.1) is 6.92 Å². The molecule has 86 valence electrons. The largest absolute Gasteiger partial charge is 0.407 e. The molecule has 0 spiro atoms. The van der Waals surface area contributed by atoms with Gasteiger partial charge in [0.25, 0.3) is 0 Å². The van der Waals surface area contributed by atoms with E-state index in [1.54, 1.807) is 24.5 Å². The van der Waals surface area contributed by atoms with Gasteiger partial charge in [-0.2, -0.15) is 0 Å². The lowest BCUT2D eigenvalue weighted by atomic mass is 10.2. The van der Waals surface area contributed by atoms with E-state index in [1.807, 2.05) is 13.0 Å². The summed E-state index contributed by atoms with van der Waals surface area (Å²) in [7, 11) is 0. The van der Waals surface area contributed by atoms with Crippen LogP contribution < -0.4 is 4.74 Å². The number of esters is 1. The Balaban J connectivity index is 2.50. The zero-order valence-corrected chi connectivity index (χ0v) is 9.54. The van der Waals surface area contributed by atoms with Crippen LogP contribution in [-0.2, 0) is 4.79 Å². The highest BCUT2D eigenvalue weighted by Gasteiger charge is 2.12. The molecule has 0 saturated carbocycles. The van der Waals surface area contributed by atoms with Gasteiger partial charge in [-0.3, -0.25) is 4.79 Å². The first-order chi connectivity index (χ1) is 8.16. The lowest BCUT2D eigenvalue weighted by molar-refractivity contribution is -0.132. The van der Waals surface area contributed by atoms with Crippen LogP contribution in [0.4, 0.5) is 0 Å². The Morgan fingerprint density at radius 3 is 2.59 bits per heavy atom. The van der Waals surface area contributed by atoms with E-state index in [1.165, 1.54) is 6.92 Å². The van der Waals surface area contributed by atoms with Gasteiger partial charge in [0.2, 0.25) is 5.88 Å². The molecule has 0 unspecified atom stereocenters. The minimum atomic E-state index is -0.416. The van der Waals surface area contributed by atoms with Crippen molar-refractivity contribution in [1.82, 2.24) is 15.0 Å². The molecule has 0 amide bonds. The Hall–Kier alpha value is -2.30. The Morgan fingerprint density at radius 2 is 1.94 bits per heavy atom. The third kappa shape index (κ3) is 2.63. The number of nitrogens with zero attached hydrogens (tertiary/aromatic N) is 3. The lowest BCUT2D eigenvalue weighted by Crippen LogP contribution is -2.05. The number of ether oxygens (including phenoxy) is 1. The van der Waals surface area contributed by atoms with Crippen LogP contribution >= 0.6 is 0 Å². The highest BCUT2D eigenvalue weighted by Crippen LogP contribution is 2.25. The molecule has 2 aromatic rings. The average Bonchev–Trinajstić information content (AvgIpc) is 2.29. The Labute approximate surface area is 98.5 Å². The Kier molecular flexibility index (Phi) is 3.09. The summed E-state index contributed by atoms with van der Waals surface area (Å²) >= 11 is 0. The highest BCUT2D eigenvalue weighted by molar-refractivity contribution is 5.72. The topological polar surface area (TPSA) is 65.0 Å². The predicted molar refractivity (Wildman–Crippen MR) is 61.3 cm³/mol. The number of aryl methyl sites for hydroxylation is 1. The fourth-order valence-corrected chi connectivity index (χ4v) is 1.36.